The SMILES string of the molecule is CNc1nc(CN2CCC(COC)C2)nc2c1cnn2C. The van der Waals surface area contributed by atoms with Gasteiger partial charge in [0.2, 0.25) is 0 Å². The van der Waals surface area contributed by atoms with E-state index in [9.17, 15) is 0 Å². The lowest BCUT2D eigenvalue weighted by Crippen LogP contribution is -2.23. The second kappa shape index (κ2) is 5.95. The fourth-order valence-corrected chi connectivity index (χ4v) is 2.96. The molecule has 1 aliphatic rings. The highest BCUT2D eigenvalue weighted by Gasteiger charge is 2.23. The van der Waals surface area contributed by atoms with Gasteiger partial charge in [0.1, 0.15) is 11.6 Å². The zero-order valence-electron chi connectivity index (χ0n) is 12.8. The van der Waals surface area contributed by atoms with Crippen molar-refractivity contribution in [1.29, 1.82) is 0 Å². The number of fused-ring (bicyclic) bond motifs is 1. The Hall–Kier alpha value is -1.73. The van der Waals surface area contributed by atoms with Crippen LogP contribution < -0.4 is 5.32 Å². The first kappa shape index (κ1) is 14.2. The van der Waals surface area contributed by atoms with Crippen molar-refractivity contribution in [2.45, 2.75) is 13.0 Å². The fourth-order valence-electron chi connectivity index (χ4n) is 2.96. The number of nitrogens with zero attached hydrogens (tertiary/aromatic N) is 5. The van der Waals surface area contributed by atoms with Crippen molar-refractivity contribution in [1.82, 2.24) is 24.6 Å². The summed E-state index contributed by atoms with van der Waals surface area (Å²) in [6, 6.07) is 0. The summed E-state index contributed by atoms with van der Waals surface area (Å²) in [6.45, 7) is 3.74. The summed E-state index contributed by atoms with van der Waals surface area (Å²) in [6.07, 6.45) is 2.98. The molecular weight excluding hydrogens is 268 g/mol. The number of aryl methyl sites for hydroxylation is 1. The molecule has 1 aliphatic heterocycles. The number of ether oxygens (including phenoxy) is 1. The van der Waals surface area contributed by atoms with Crippen LogP contribution in [0.1, 0.15) is 12.2 Å². The lowest BCUT2D eigenvalue weighted by atomic mass is 10.1. The van der Waals surface area contributed by atoms with Crippen LogP contribution in [0, 0.1) is 5.92 Å². The van der Waals surface area contributed by atoms with Gasteiger partial charge in [0.15, 0.2) is 5.65 Å². The Kier molecular flexibility index (Phi) is 4.03. The fraction of sp³-hybridized carbons (Fsp3) is 0.643. The van der Waals surface area contributed by atoms with Crippen LogP contribution in [0.4, 0.5) is 5.82 Å². The van der Waals surface area contributed by atoms with E-state index in [2.05, 4.69) is 25.3 Å². The van der Waals surface area contributed by atoms with E-state index in [1.54, 1.807) is 18.0 Å². The first-order valence-corrected chi connectivity index (χ1v) is 7.29. The molecule has 0 bridgehead atoms. The molecule has 0 saturated carbocycles. The summed E-state index contributed by atoms with van der Waals surface area (Å²) in [5.74, 6) is 2.31. The molecule has 1 fully saturated rings. The lowest BCUT2D eigenvalue weighted by molar-refractivity contribution is 0.152. The smallest absolute Gasteiger partial charge is 0.163 e. The predicted octanol–water partition coefficient (Wildman–Crippen LogP) is 0.873. The van der Waals surface area contributed by atoms with E-state index in [4.69, 9.17) is 4.74 Å². The maximum Gasteiger partial charge on any atom is 0.163 e. The molecule has 3 heterocycles. The van der Waals surface area contributed by atoms with Crippen LogP contribution in [0.25, 0.3) is 11.0 Å². The van der Waals surface area contributed by atoms with Gasteiger partial charge in [-0.2, -0.15) is 5.10 Å². The Bertz CT molecular complexity index is 625. The third kappa shape index (κ3) is 2.84. The molecule has 3 rings (SSSR count). The van der Waals surface area contributed by atoms with Gasteiger partial charge in [-0.05, 0) is 18.9 Å². The van der Waals surface area contributed by atoms with Gasteiger partial charge in [-0.1, -0.05) is 0 Å². The second-order valence-corrected chi connectivity index (χ2v) is 5.59. The number of hydrogen-bond donors (Lipinski definition) is 1. The molecular formula is C14H22N6O. The topological polar surface area (TPSA) is 68.1 Å². The summed E-state index contributed by atoms with van der Waals surface area (Å²) in [5.41, 5.74) is 0.872. The maximum absolute atomic E-state index is 5.24. The molecule has 2 aromatic rings. The molecule has 1 unspecified atom stereocenters. The summed E-state index contributed by atoms with van der Waals surface area (Å²) in [5, 5.41) is 8.35. The molecule has 7 heteroatoms. The standard InChI is InChI=1S/C14H22N6O/c1-15-13-11-6-16-19(2)14(11)18-12(17-13)8-20-5-4-10(7-20)9-21-3/h6,10H,4-5,7-9H2,1-3H3,(H,15,17,18). The number of hydrogen-bond acceptors (Lipinski definition) is 6. The Morgan fingerprint density at radius 1 is 1.43 bits per heavy atom. The highest BCUT2D eigenvalue weighted by molar-refractivity contribution is 5.86. The van der Waals surface area contributed by atoms with Gasteiger partial charge in [-0.25, -0.2) is 9.97 Å². The monoisotopic (exact) mass is 290 g/mol. The number of rotatable bonds is 5. The van der Waals surface area contributed by atoms with Crippen molar-refractivity contribution < 1.29 is 4.74 Å². The number of anilines is 1. The zero-order chi connectivity index (χ0) is 14.8. The van der Waals surface area contributed by atoms with Crippen molar-refractivity contribution in [2.24, 2.45) is 13.0 Å². The largest absolute Gasteiger partial charge is 0.384 e. The molecule has 1 saturated heterocycles. The van der Waals surface area contributed by atoms with Gasteiger partial charge in [0, 0.05) is 27.7 Å². The van der Waals surface area contributed by atoms with Crippen LogP contribution >= 0.6 is 0 Å². The van der Waals surface area contributed by atoms with E-state index >= 15 is 0 Å². The third-order valence-electron chi connectivity index (χ3n) is 4.01. The molecule has 0 aromatic carbocycles. The highest BCUT2D eigenvalue weighted by atomic mass is 16.5. The average molecular weight is 290 g/mol. The molecule has 0 aliphatic carbocycles. The van der Waals surface area contributed by atoms with Crippen LogP contribution in [0.3, 0.4) is 0 Å². The van der Waals surface area contributed by atoms with Gasteiger partial charge in [0.05, 0.1) is 24.7 Å². The highest BCUT2D eigenvalue weighted by Crippen LogP contribution is 2.22. The van der Waals surface area contributed by atoms with Crippen LogP contribution in [-0.2, 0) is 18.3 Å². The number of nitrogens with one attached hydrogen (secondary N) is 1. The number of aromatic nitrogens is 4. The van der Waals surface area contributed by atoms with E-state index in [-0.39, 0.29) is 0 Å². The molecule has 1 atom stereocenters. The Balaban J connectivity index is 1.79. The van der Waals surface area contributed by atoms with E-state index in [0.717, 1.165) is 48.9 Å². The molecule has 0 spiro atoms. The van der Waals surface area contributed by atoms with Crippen molar-refractivity contribution in [3.05, 3.63) is 12.0 Å². The quantitative estimate of drug-likeness (QED) is 0.881. The second-order valence-electron chi connectivity index (χ2n) is 5.59. The Labute approximate surface area is 124 Å². The predicted molar refractivity (Wildman–Crippen MR) is 81.1 cm³/mol. The van der Waals surface area contributed by atoms with Gasteiger partial charge >= 0.3 is 0 Å². The van der Waals surface area contributed by atoms with Crippen molar-refractivity contribution in [2.75, 3.05) is 39.2 Å². The summed E-state index contributed by atoms with van der Waals surface area (Å²) in [4.78, 5) is 11.7. The van der Waals surface area contributed by atoms with Crippen LogP contribution in [0.5, 0.6) is 0 Å². The lowest BCUT2D eigenvalue weighted by Gasteiger charge is -2.15. The number of likely N-dealkylation sites (tertiary alicyclic amines) is 1. The summed E-state index contributed by atoms with van der Waals surface area (Å²) >= 11 is 0. The van der Waals surface area contributed by atoms with Gasteiger partial charge in [-0.15, -0.1) is 0 Å². The molecule has 7 nitrogen and oxygen atoms in total. The maximum atomic E-state index is 5.24. The van der Waals surface area contributed by atoms with E-state index < -0.39 is 0 Å². The average Bonchev–Trinajstić information content (AvgIpc) is 3.07. The van der Waals surface area contributed by atoms with Crippen molar-refractivity contribution >= 4 is 16.9 Å². The minimum atomic E-state index is 0.624. The number of methoxy groups -OCH3 is 1. The minimum Gasteiger partial charge on any atom is -0.384 e. The third-order valence-corrected chi connectivity index (χ3v) is 4.01. The van der Waals surface area contributed by atoms with Crippen molar-refractivity contribution in [3.8, 4) is 0 Å². The first-order chi connectivity index (χ1) is 10.2. The summed E-state index contributed by atoms with van der Waals surface area (Å²) < 4.78 is 7.03. The molecule has 114 valence electrons. The molecule has 21 heavy (non-hydrogen) atoms. The first-order valence-electron chi connectivity index (χ1n) is 7.29. The molecule has 0 amide bonds. The molecule has 1 N–H and O–H groups in total. The van der Waals surface area contributed by atoms with E-state index in [1.807, 2.05) is 14.1 Å². The van der Waals surface area contributed by atoms with E-state index in [0.29, 0.717) is 5.92 Å². The van der Waals surface area contributed by atoms with Crippen molar-refractivity contribution in [3.63, 3.8) is 0 Å². The minimum absolute atomic E-state index is 0.624. The summed E-state index contributed by atoms with van der Waals surface area (Å²) in [7, 11) is 5.55. The van der Waals surface area contributed by atoms with Crippen LogP contribution in [-0.4, -0.2) is 58.5 Å². The van der Waals surface area contributed by atoms with Crippen LogP contribution in [0.2, 0.25) is 0 Å². The van der Waals surface area contributed by atoms with Gasteiger partial charge < -0.3 is 10.1 Å². The van der Waals surface area contributed by atoms with E-state index in [1.165, 1.54) is 6.42 Å². The molecule has 0 radical (unpaired) electrons. The Morgan fingerprint density at radius 3 is 3.05 bits per heavy atom. The zero-order valence-corrected chi connectivity index (χ0v) is 12.8. The molecule has 2 aromatic heterocycles. The normalized spacial score (nSPS) is 19.5. The van der Waals surface area contributed by atoms with Crippen LogP contribution in [0.15, 0.2) is 6.20 Å². The van der Waals surface area contributed by atoms with Gasteiger partial charge in [-0.3, -0.25) is 9.58 Å². The Morgan fingerprint density at radius 2 is 2.29 bits per heavy atom. The van der Waals surface area contributed by atoms with Gasteiger partial charge in [0.25, 0.3) is 0 Å².